The first-order valence-corrected chi connectivity index (χ1v) is 4.19. The maximum atomic E-state index is 5.18. The molecule has 0 atom stereocenters. The van der Waals surface area contributed by atoms with Crippen molar-refractivity contribution in [1.29, 1.82) is 0 Å². The third-order valence-electron chi connectivity index (χ3n) is 1.82. The molecule has 0 amide bonds. The van der Waals surface area contributed by atoms with Crippen LogP contribution in [0.5, 0.6) is 5.75 Å². The summed E-state index contributed by atoms with van der Waals surface area (Å²) in [7, 11) is 1.63. The lowest BCUT2D eigenvalue weighted by molar-refractivity contribution is 0.416. The fourth-order valence-electron chi connectivity index (χ4n) is 1.17. The Morgan fingerprint density at radius 3 is 2.93 bits per heavy atom. The Bertz CT molecular complexity index is 398. The first kappa shape index (κ1) is 8.62. The van der Waals surface area contributed by atoms with Crippen LogP contribution in [0.4, 0.5) is 11.4 Å². The monoisotopic (exact) mass is 190 g/mol. The number of hydrogen-bond acceptors (Lipinski definition) is 4. The smallest absolute Gasteiger partial charge is 0.147 e. The maximum Gasteiger partial charge on any atom is 0.147 e. The van der Waals surface area contributed by atoms with Crippen LogP contribution in [0.1, 0.15) is 0 Å². The van der Waals surface area contributed by atoms with Crippen molar-refractivity contribution in [3.05, 3.63) is 36.7 Å². The zero-order chi connectivity index (χ0) is 9.80. The average molecular weight is 190 g/mol. The van der Waals surface area contributed by atoms with Gasteiger partial charge in [-0.15, -0.1) is 0 Å². The fourth-order valence-corrected chi connectivity index (χ4v) is 1.17. The molecule has 0 aliphatic carbocycles. The summed E-state index contributed by atoms with van der Waals surface area (Å²) in [6.07, 6.45) is 3.14. The van der Waals surface area contributed by atoms with Gasteiger partial charge in [-0.2, -0.15) is 0 Å². The fraction of sp³-hybridized carbons (Fsp3) is 0.100. The van der Waals surface area contributed by atoms with Crippen LogP contribution in [0.2, 0.25) is 0 Å². The standard InChI is InChI=1S/C10H10N2O2/c1-13-10-5-3-2-4-9(10)12-8-6-11-14-7-8/h2-7,12H,1H3. The lowest BCUT2D eigenvalue weighted by Crippen LogP contribution is -1.92. The van der Waals surface area contributed by atoms with E-state index in [1.54, 1.807) is 13.3 Å². The Kier molecular flexibility index (Phi) is 2.36. The highest BCUT2D eigenvalue weighted by Crippen LogP contribution is 2.26. The van der Waals surface area contributed by atoms with Crippen LogP contribution in [0.15, 0.2) is 41.2 Å². The molecule has 4 nitrogen and oxygen atoms in total. The van der Waals surface area contributed by atoms with Crippen molar-refractivity contribution < 1.29 is 9.26 Å². The highest BCUT2D eigenvalue weighted by atomic mass is 16.5. The van der Waals surface area contributed by atoms with Gasteiger partial charge in [0.05, 0.1) is 24.7 Å². The van der Waals surface area contributed by atoms with Crippen LogP contribution in [-0.2, 0) is 0 Å². The molecule has 0 unspecified atom stereocenters. The lowest BCUT2D eigenvalue weighted by atomic mass is 10.3. The van der Waals surface area contributed by atoms with Gasteiger partial charge in [-0.05, 0) is 12.1 Å². The van der Waals surface area contributed by atoms with Crippen molar-refractivity contribution in [2.45, 2.75) is 0 Å². The molecule has 14 heavy (non-hydrogen) atoms. The molecule has 1 aromatic heterocycles. The summed E-state index contributed by atoms with van der Waals surface area (Å²) < 4.78 is 9.89. The molecular weight excluding hydrogens is 180 g/mol. The number of hydrogen-bond donors (Lipinski definition) is 1. The molecule has 0 radical (unpaired) electrons. The molecule has 2 rings (SSSR count). The molecule has 0 saturated carbocycles. The largest absolute Gasteiger partial charge is 0.495 e. The van der Waals surface area contributed by atoms with E-state index in [1.807, 2.05) is 24.3 Å². The van der Waals surface area contributed by atoms with Crippen molar-refractivity contribution in [2.75, 3.05) is 12.4 Å². The number of aromatic nitrogens is 1. The van der Waals surface area contributed by atoms with E-state index in [2.05, 4.69) is 10.5 Å². The number of para-hydroxylation sites is 2. The van der Waals surface area contributed by atoms with Crippen LogP contribution in [0.25, 0.3) is 0 Å². The first-order valence-electron chi connectivity index (χ1n) is 4.19. The maximum absolute atomic E-state index is 5.18. The predicted octanol–water partition coefficient (Wildman–Crippen LogP) is 2.43. The zero-order valence-corrected chi connectivity index (χ0v) is 7.73. The second-order valence-corrected chi connectivity index (χ2v) is 2.74. The van der Waals surface area contributed by atoms with Gasteiger partial charge in [0.1, 0.15) is 12.0 Å². The summed E-state index contributed by atoms with van der Waals surface area (Å²) in [6.45, 7) is 0. The predicted molar refractivity (Wildman–Crippen MR) is 52.8 cm³/mol. The highest BCUT2D eigenvalue weighted by molar-refractivity contribution is 5.64. The molecule has 72 valence electrons. The van der Waals surface area contributed by atoms with Crippen molar-refractivity contribution in [2.24, 2.45) is 0 Å². The SMILES string of the molecule is COc1ccccc1Nc1cnoc1. The van der Waals surface area contributed by atoms with E-state index in [0.717, 1.165) is 17.1 Å². The molecule has 1 heterocycles. The third-order valence-corrected chi connectivity index (χ3v) is 1.82. The third kappa shape index (κ3) is 1.69. The van der Waals surface area contributed by atoms with Gasteiger partial charge in [0.25, 0.3) is 0 Å². The van der Waals surface area contributed by atoms with Gasteiger partial charge in [-0.1, -0.05) is 17.3 Å². The molecule has 0 aliphatic heterocycles. The molecule has 0 spiro atoms. The van der Waals surface area contributed by atoms with E-state index in [9.17, 15) is 0 Å². The van der Waals surface area contributed by atoms with Crippen LogP contribution >= 0.6 is 0 Å². The molecule has 1 N–H and O–H groups in total. The van der Waals surface area contributed by atoms with Crippen molar-refractivity contribution in [3.8, 4) is 5.75 Å². The van der Waals surface area contributed by atoms with Gasteiger partial charge >= 0.3 is 0 Å². The van der Waals surface area contributed by atoms with Gasteiger partial charge in [-0.25, -0.2) is 0 Å². The van der Waals surface area contributed by atoms with Crippen molar-refractivity contribution in [1.82, 2.24) is 5.16 Å². The van der Waals surface area contributed by atoms with Crippen LogP contribution in [0.3, 0.4) is 0 Å². The number of benzene rings is 1. The minimum Gasteiger partial charge on any atom is -0.495 e. The Labute approximate surface area is 81.5 Å². The number of ether oxygens (including phenoxy) is 1. The van der Waals surface area contributed by atoms with E-state index in [4.69, 9.17) is 9.26 Å². The molecule has 0 aliphatic rings. The summed E-state index contributed by atoms with van der Waals surface area (Å²) in [6, 6.07) is 7.65. The molecule has 0 fully saturated rings. The van der Waals surface area contributed by atoms with Gasteiger partial charge in [-0.3, -0.25) is 0 Å². The summed E-state index contributed by atoms with van der Waals surface area (Å²) in [5, 5.41) is 6.72. The van der Waals surface area contributed by atoms with E-state index < -0.39 is 0 Å². The molecule has 0 bridgehead atoms. The van der Waals surface area contributed by atoms with Crippen LogP contribution in [-0.4, -0.2) is 12.3 Å². The number of anilines is 2. The number of nitrogens with zero attached hydrogens (tertiary/aromatic N) is 1. The zero-order valence-electron chi connectivity index (χ0n) is 7.73. The van der Waals surface area contributed by atoms with E-state index in [-0.39, 0.29) is 0 Å². The second-order valence-electron chi connectivity index (χ2n) is 2.74. The Hall–Kier alpha value is -1.97. The first-order chi connectivity index (χ1) is 6.90. The molecular formula is C10H10N2O2. The Morgan fingerprint density at radius 1 is 1.36 bits per heavy atom. The van der Waals surface area contributed by atoms with E-state index in [0.29, 0.717) is 0 Å². The topological polar surface area (TPSA) is 47.3 Å². The van der Waals surface area contributed by atoms with E-state index >= 15 is 0 Å². The highest BCUT2D eigenvalue weighted by Gasteiger charge is 2.02. The summed E-state index contributed by atoms with van der Waals surface area (Å²) >= 11 is 0. The van der Waals surface area contributed by atoms with Gasteiger partial charge in [0, 0.05) is 0 Å². The van der Waals surface area contributed by atoms with Gasteiger partial charge in [0.15, 0.2) is 0 Å². The number of methoxy groups -OCH3 is 1. The lowest BCUT2D eigenvalue weighted by Gasteiger charge is -2.07. The average Bonchev–Trinajstić information content (AvgIpc) is 2.71. The molecule has 2 aromatic rings. The van der Waals surface area contributed by atoms with E-state index in [1.165, 1.54) is 6.26 Å². The molecule has 4 heteroatoms. The summed E-state index contributed by atoms with van der Waals surface area (Å²) in [5.41, 5.74) is 1.69. The van der Waals surface area contributed by atoms with Crippen LogP contribution in [0, 0.1) is 0 Å². The normalized spacial score (nSPS) is 9.79. The quantitative estimate of drug-likeness (QED) is 0.807. The number of rotatable bonds is 3. The van der Waals surface area contributed by atoms with Crippen molar-refractivity contribution in [3.63, 3.8) is 0 Å². The number of nitrogens with one attached hydrogen (secondary N) is 1. The second kappa shape index (κ2) is 3.83. The Balaban J connectivity index is 2.24. The van der Waals surface area contributed by atoms with Gasteiger partial charge in [0.2, 0.25) is 0 Å². The summed E-state index contributed by atoms with van der Waals surface area (Å²) in [5.74, 6) is 0.786. The Morgan fingerprint density at radius 2 is 2.21 bits per heavy atom. The summed E-state index contributed by atoms with van der Waals surface area (Å²) in [4.78, 5) is 0. The molecule has 0 saturated heterocycles. The van der Waals surface area contributed by atoms with Crippen molar-refractivity contribution >= 4 is 11.4 Å². The van der Waals surface area contributed by atoms with Crippen LogP contribution < -0.4 is 10.1 Å². The molecule has 1 aromatic carbocycles. The minimum atomic E-state index is 0.786. The van der Waals surface area contributed by atoms with Gasteiger partial charge < -0.3 is 14.6 Å². The minimum absolute atomic E-state index is 0.786.